The Morgan fingerprint density at radius 3 is 2.52 bits per heavy atom. The predicted molar refractivity (Wildman–Crippen MR) is 121 cm³/mol. The molecule has 0 saturated carbocycles. The first-order chi connectivity index (χ1) is 14.5. The number of nitro groups is 1. The summed E-state index contributed by atoms with van der Waals surface area (Å²) in [7, 11) is -4.12. The van der Waals surface area contributed by atoms with Gasteiger partial charge in [0.25, 0.3) is 15.7 Å². The van der Waals surface area contributed by atoms with Gasteiger partial charge in [-0.05, 0) is 24.3 Å². The summed E-state index contributed by atoms with van der Waals surface area (Å²) in [6.07, 6.45) is 4.71. The van der Waals surface area contributed by atoms with Crippen molar-refractivity contribution in [3.8, 4) is 0 Å². The van der Waals surface area contributed by atoms with E-state index in [0.29, 0.717) is 0 Å². The SMILES string of the molecule is O=[N+]([O-])C1=CCC(OC2C(Cl)=CC(S(=O)(=O)Nc3cc(Cl)cnc3Cl)=CC2Cl)C(Cl)=C1. The molecule has 0 bridgehead atoms. The van der Waals surface area contributed by atoms with Gasteiger partial charge in [0.1, 0.15) is 6.10 Å². The van der Waals surface area contributed by atoms with Crippen molar-refractivity contribution in [1.29, 1.82) is 0 Å². The number of alkyl halides is 1. The van der Waals surface area contributed by atoms with Crippen LogP contribution in [0.3, 0.4) is 0 Å². The van der Waals surface area contributed by atoms with E-state index in [1.807, 2.05) is 0 Å². The van der Waals surface area contributed by atoms with E-state index < -0.39 is 32.5 Å². The van der Waals surface area contributed by atoms with Crippen LogP contribution >= 0.6 is 58.0 Å². The highest BCUT2D eigenvalue weighted by Gasteiger charge is 2.34. The Morgan fingerprint density at radius 1 is 1.19 bits per heavy atom. The predicted octanol–water partition coefficient (Wildman–Crippen LogP) is 5.20. The molecule has 1 aromatic rings. The lowest BCUT2D eigenvalue weighted by Gasteiger charge is -2.29. The molecule has 3 rings (SSSR count). The van der Waals surface area contributed by atoms with E-state index in [2.05, 4.69) is 9.71 Å². The minimum atomic E-state index is -4.12. The van der Waals surface area contributed by atoms with Crippen molar-refractivity contribution in [2.75, 3.05) is 4.72 Å². The molecule has 14 heteroatoms. The van der Waals surface area contributed by atoms with E-state index in [1.54, 1.807) is 0 Å². The molecular formula is C17H12Cl5N3O5S. The zero-order valence-corrected chi connectivity index (χ0v) is 19.7. The van der Waals surface area contributed by atoms with Gasteiger partial charge in [-0.2, -0.15) is 0 Å². The molecule has 0 spiro atoms. The third-order valence-electron chi connectivity index (χ3n) is 4.18. The maximum absolute atomic E-state index is 12.7. The van der Waals surface area contributed by atoms with Crippen molar-refractivity contribution in [3.63, 3.8) is 0 Å². The Labute approximate surface area is 202 Å². The number of hydrogen-bond acceptors (Lipinski definition) is 6. The molecule has 166 valence electrons. The third kappa shape index (κ3) is 5.73. The van der Waals surface area contributed by atoms with Crippen molar-refractivity contribution >= 4 is 73.7 Å². The lowest BCUT2D eigenvalue weighted by molar-refractivity contribution is -0.419. The molecule has 8 nitrogen and oxygen atoms in total. The molecule has 0 amide bonds. The number of anilines is 1. The van der Waals surface area contributed by atoms with Crippen molar-refractivity contribution < 1.29 is 18.1 Å². The number of allylic oxidation sites excluding steroid dienone is 2. The summed E-state index contributed by atoms with van der Waals surface area (Å²) in [4.78, 5) is 13.8. The summed E-state index contributed by atoms with van der Waals surface area (Å²) in [5.41, 5.74) is -0.164. The van der Waals surface area contributed by atoms with Gasteiger partial charge in [-0.15, -0.1) is 11.6 Å². The van der Waals surface area contributed by atoms with Gasteiger partial charge in [0.2, 0.25) is 0 Å². The van der Waals surface area contributed by atoms with Gasteiger partial charge >= 0.3 is 0 Å². The summed E-state index contributed by atoms with van der Waals surface area (Å²) >= 11 is 30.4. The van der Waals surface area contributed by atoms with Gasteiger partial charge in [-0.3, -0.25) is 14.8 Å². The van der Waals surface area contributed by atoms with Crippen LogP contribution in [0.1, 0.15) is 6.42 Å². The van der Waals surface area contributed by atoms with Crippen LogP contribution in [0, 0.1) is 10.1 Å². The summed E-state index contributed by atoms with van der Waals surface area (Å²) < 4.78 is 33.6. The first-order valence-corrected chi connectivity index (χ1v) is 11.8. The smallest absolute Gasteiger partial charge is 0.266 e. The van der Waals surface area contributed by atoms with Crippen molar-refractivity contribution in [2.24, 2.45) is 0 Å². The third-order valence-corrected chi connectivity index (χ3v) is 7.08. The molecule has 3 unspecified atom stereocenters. The van der Waals surface area contributed by atoms with Gasteiger partial charge in [-0.1, -0.05) is 46.4 Å². The molecule has 0 fully saturated rings. The van der Waals surface area contributed by atoms with Crippen molar-refractivity contribution in [1.82, 2.24) is 4.98 Å². The molecule has 0 saturated heterocycles. The van der Waals surface area contributed by atoms with Gasteiger partial charge in [0.15, 0.2) is 5.15 Å². The fraction of sp³-hybridized carbons (Fsp3) is 0.235. The number of nitrogens with zero attached hydrogens (tertiary/aromatic N) is 2. The fourth-order valence-corrected chi connectivity index (χ4v) is 5.35. The number of ether oxygens (including phenoxy) is 1. The van der Waals surface area contributed by atoms with E-state index in [1.165, 1.54) is 36.6 Å². The second-order valence-corrected chi connectivity index (χ2v) is 10.2. The Kier molecular flexibility index (Phi) is 7.58. The number of pyridine rings is 1. The Morgan fingerprint density at radius 2 is 1.90 bits per heavy atom. The minimum absolute atomic E-state index is 0.00621. The summed E-state index contributed by atoms with van der Waals surface area (Å²) in [6.45, 7) is 0. The van der Waals surface area contributed by atoms with Crippen molar-refractivity contribution in [2.45, 2.75) is 24.0 Å². The van der Waals surface area contributed by atoms with E-state index in [0.717, 1.165) is 0 Å². The number of rotatable bonds is 6. The number of nitrogens with one attached hydrogen (secondary N) is 1. The largest absolute Gasteiger partial charge is 0.362 e. The van der Waals surface area contributed by atoms with Crippen LogP contribution in [0.15, 0.2) is 57.2 Å². The molecule has 0 aromatic carbocycles. The highest BCUT2D eigenvalue weighted by Crippen LogP contribution is 2.35. The van der Waals surface area contributed by atoms with Crippen molar-refractivity contribution in [3.05, 3.63) is 77.5 Å². The molecular weight excluding hydrogens is 536 g/mol. The van der Waals surface area contributed by atoms with E-state index >= 15 is 0 Å². The molecule has 2 aliphatic rings. The van der Waals surface area contributed by atoms with E-state index in [4.69, 9.17) is 62.7 Å². The average molecular weight is 548 g/mol. The molecule has 1 heterocycles. The summed E-state index contributed by atoms with van der Waals surface area (Å²) in [5, 5.41) is 10.1. The molecule has 0 radical (unpaired) electrons. The average Bonchev–Trinajstić information content (AvgIpc) is 2.68. The maximum Gasteiger partial charge on any atom is 0.266 e. The molecule has 2 aliphatic carbocycles. The topological polar surface area (TPSA) is 111 Å². The lowest BCUT2D eigenvalue weighted by Crippen LogP contribution is -2.33. The van der Waals surface area contributed by atoms with Gasteiger partial charge < -0.3 is 4.74 Å². The molecule has 0 aliphatic heterocycles. The first-order valence-electron chi connectivity index (χ1n) is 8.42. The van der Waals surface area contributed by atoms with Crippen LogP contribution in [0.5, 0.6) is 0 Å². The van der Waals surface area contributed by atoms with Crippen LogP contribution in [-0.4, -0.2) is 35.9 Å². The number of halogens is 5. The number of hydrogen-bond donors (Lipinski definition) is 1. The summed E-state index contributed by atoms with van der Waals surface area (Å²) in [6, 6.07) is 1.30. The first kappa shape index (κ1) is 24.3. The Bertz CT molecular complexity index is 1150. The van der Waals surface area contributed by atoms with Gasteiger partial charge in [-0.25, -0.2) is 13.4 Å². The normalized spacial score (nSPS) is 24.0. The maximum atomic E-state index is 12.7. The van der Waals surface area contributed by atoms with Gasteiger partial charge in [0.05, 0.1) is 42.1 Å². The Hall–Kier alpha value is -1.33. The second kappa shape index (κ2) is 9.66. The number of sulfonamides is 1. The molecule has 1 N–H and O–H groups in total. The molecule has 31 heavy (non-hydrogen) atoms. The van der Waals surface area contributed by atoms with Crippen LogP contribution in [0.2, 0.25) is 10.2 Å². The van der Waals surface area contributed by atoms with Crippen LogP contribution in [0.4, 0.5) is 5.69 Å². The highest BCUT2D eigenvalue weighted by atomic mass is 35.5. The fourth-order valence-electron chi connectivity index (χ4n) is 2.73. The minimum Gasteiger partial charge on any atom is -0.362 e. The molecule has 3 atom stereocenters. The zero-order valence-electron chi connectivity index (χ0n) is 15.1. The van der Waals surface area contributed by atoms with Gasteiger partial charge in [0, 0.05) is 18.7 Å². The van der Waals surface area contributed by atoms with Crippen LogP contribution in [-0.2, 0) is 14.8 Å². The standard InChI is InChI=1S/C17H12Cl5N3O5S/c18-8-3-14(17(22)23-7-8)24-31(28,29)10-5-12(20)16(13(21)6-10)30-15-2-1-9(25(26)27)4-11(15)19/h1,3-7,12,15-16,24H,2H2. The number of aromatic nitrogens is 1. The van der Waals surface area contributed by atoms with E-state index in [9.17, 15) is 18.5 Å². The summed E-state index contributed by atoms with van der Waals surface area (Å²) in [5.74, 6) is 0. The quantitative estimate of drug-likeness (QED) is 0.227. The van der Waals surface area contributed by atoms with Crippen LogP contribution < -0.4 is 4.72 Å². The highest BCUT2D eigenvalue weighted by molar-refractivity contribution is 7.96. The van der Waals surface area contributed by atoms with Crippen LogP contribution in [0.25, 0.3) is 0 Å². The zero-order chi connectivity index (χ0) is 22.9. The monoisotopic (exact) mass is 545 g/mol. The second-order valence-electron chi connectivity index (χ2n) is 6.34. The molecule has 1 aromatic heterocycles. The Balaban J connectivity index is 1.76. The lowest BCUT2D eigenvalue weighted by atomic mass is 10.1. The van der Waals surface area contributed by atoms with E-state index in [-0.39, 0.29) is 43.0 Å².